The number of piperidine rings is 2. The SMILES string of the molecule is O=C(CC1CC2(CCN(C(=O)C3[C@H]4COC[C@@H]34)CC2)c2ccccc21)N1CCCC(c2nc3ccccc3[nH]2)C1. The summed E-state index contributed by atoms with van der Waals surface area (Å²) in [7, 11) is 0. The number of H-pyrrole nitrogens is 1. The predicted octanol–water partition coefficient (Wildman–Crippen LogP) is 4.60. The molecule has 3 aliphatic heterocycles. The van der Waals surface area contributed by atoms with Gasteiger partial charge in [0.05, 0.1) is 24.2 Å². The van der Waals surface area contributed by atoms with Gasteiger partial charge in [0.25, 0.3) is 0 Å². The molecule has 1 aromatic heterocycles. The van der Waals surface area contributed by atoms with E-state index in [0.717, 1.165) is 88.4 Å². The quantitative estimate of drug-likeness (QED) is 0.527. The van der Waals surface area contributed by atoms with Gasteiger partial charge in [-0.15, -0.1) is 0 Å². The lowest BCUT2D eigenvalue weighted by Crippen LogP contribution is -2.45. The second-order valence-corrected chi connectivity index (χ2v) is 13.0. The molecule has 5 atom stereocenters. The minimum Gasteiger partial charge on any atom is -0.381 e. The van der Waals surface area contributed by atoms with Gasteiger partial charge in [0.2, 0.25) is 11.8 Å². The van der Waals surface area contributed by atoms with E-state index in [0.29, 0.717) is 24.2 Å². The fourth-order valence-electron chi connectivity index (χ4n) is 8.59. The number of aromatic amines is 1. The zero-order chi connectivity index (χ0) is 26.8. The smallest absolute Gasteiger partial charge is 0.226 e. The number of carbonyl (C=O) groups excluding carboxylic acids is 2. The second kappa shape index (κ2) is 9.44. The molecule has 208 valence electrons. The fraction of sp³-hybridized carbons (Fsp3) is 0.545. The third-order valence-electron chi connectivity index (χ3n) is 10.9. The van der Waals surface area contributed by atoms with Crippen molar-refractivity contribution in [3.63, 3.8) is 0 Å². The molecule has 1 saturated carbocycles. The maximum atomic E-state index is 13.7. The van der Waals surface area contributed by atoms with Crippen molar-refractivity contribution in [3.05, 3.63) is 65.5 Å². The van der Waals surface area contributed by atoms with Gasteiger partial charge < -0.3 is 19.5 Å². The molecular weight excluding hydrogens is 500 g/mol. The van der Waals surface area contributed by atoms with E-state index >= 15 is 0 Å². The Morgan fingerprint density at radius 1 is 0.975 bits per heavy atom. The van der Waals surface area contributed by atoms with Crippen molar-refractivity contribution in [2.45, 2.75) is 55.8 Å². The first-order chi connectivity index (χ1) is 19.6. The van der Waals surface area contributed by atoms with Crippen molar-refractivity contribution in [2.24, 2.45) is 17.8 Å². The minimum atomic E-state index is 0.0829. The first kappa shape index (κ1) is 24.6. The Bertz CT molecular complexity index is 1410. The number of imidazole rings is 1. The maximum Gasteiger partial charge on any atom is 0.226 e. The van der Waals surface area contributed by atoms with Crippen molar-refractivity contribution >= 4 is 22.8 Å². The molecular formula is C33H38N4O3. The first-order valence-corrected chi connectivity index (χ1v) is 15.3. The van der Waals surface area contributed by atoms with Crippen LogP contribution in [0, 0.1) is 17.8 Å². The Morgan fingerprint density at radius 2 is 1.75 bits per heavy atom. The molecule has 40 heavy (non-hydrogen) atoms. The standard InChI is InChI=1S/C33H38N4O3/c38-29(37-13-5-6-21(18-37)31-34-27-9-3-4-10-28(27)35-31)16-22-17-33(26-8-2-1-7-23(22)26)11-14-36(15-12-33)32(39)30-24-19-40-20-25(24)30/h1-4,7-10,21-22,24-25,30H,5-6,11-20H2,(H,34,35)/t21?,22?,24-,25+,30?. The second-order valence-electron chi connectivity index (χ2n) is 13.0. The summed E-state index contributed by atoms with van der Waals surface area (Å²) in [6.07, 6.45) is 5.65. The van der Waals surface area contributed by atoms with Crippen LogP contribution >= 0.6 is 0 Å². The van der Waals surface area contributed by atoms with Crippen LogP contribution in [-0.4, -0.2) is 71.0 Å². The molecule has 5 aliphatic rings. The number of para-hydroxylation sites is 2. The Morgan fingerprint density at radius 3 is 2.58 bits per heavy atom. The Balaban J connectivity index is 0.943. The van der Waals surface area contributed by atoms with Gasteiger partial charge in [-0.2, -0.15) is 0 Å². The number of aromatic nitrogens is 2. The van der Waals surface area contributed by atoms with Crippen LogP contribution in [0.1, 0.15) is 67.3 Å². The molecule has 0 radical (unpaired) electrons. The predicted molar refractivity (Wildman–Crippen MR) is 152 cm³/mol. The number of nitrogens with one attached hydrogen (secondary N) is 1. The van der Waals surface area contributed by atoms with Crippen LogP contribution in [0.4, 0.5) is 0 Å². The van der Waals surface area contributed by atoms with Crippen molar-refractivity contribution in [3.8, 4) is 0 Å². The van der Waals surface area contributed by atoms with E-state index in [1.54, 1.807) is 0 Å². The van der Waals surface area contributed by atoms with Crippen LogP contribution < -0.4 is 0 Å². The van der Waals surface area contributed by atoms with Crippen LogP contribution in [0.15, 0.2) is 48.5 Å². The van der Waals surface area contributed by atoms with Gasteiger partial charge in [-0.3, -0.25) is 9.59 Å². The van der Waals surface area contributed by atoms with Gasteiger partial charge in [0.1, 0.15) is 5.82 Å². The molecule has 7 heteroatoms. The molecule has 4 fully saturated rings. The lowest BCUT2D eigenvalue weighted by atomic mass is 9.73. The molecule has 4 heterocycles. The van der Waals surface area contributed by atoms with E-state index in [4.69, 9.17) is 9.72 Å². The summed E-state index contributed by atoms with van der Waals surface area (Å²) in [6.45, 7) is 4.76. The highest BCUT2D eigenvalue weighted by Crippen LogP contribution is 2.55. The van der Waals surface area contributed by atoms with E-state index in [-0.39, 0.29) is 29.1 Å². The van der Waals surface area contributed by atoms with E-state index in [2.05, 4.69) is 45.1 Å². The van der Waals surface area contributed by atoms with Gasteiger partial charge in [-0.25, -0.2) is 4.98 Å². The topological polar surface area (TPSA) is 78.5 Å². The molecule has 2 aliphatic carbocycles. The number of amides is 2. The van der Waals surface area contributed by atoms with E-state index in [1.165, 1.54) is 11.1 Å². The lowest BCUT2D eigenvalue weighted by Gasteiger charge is -2.41. The zero-order valence-corrected chi connectivity index (χ0v) is 23.1. The summed E-state index contributed by atoms with van der Waals surface area (Å²) in [6, 6.07) is 17.0. The number of rotatable bonds is 4. The van der Waals surface area contributed by atoms with Crippen molar-refractivity contribution in [1.82, 2.24) is 19.8 Å². The highest BCUT2D eigenvalue weighted by Gasteiger charge is 2.59. The lowest BCUT2D eigenvalue weighted by molar-refractivity contribution is -0.135. The van der Waals surface area contributed by atoms with E-state index in [9.17, 15) is 9.59 Å². The molecule has 8 rings (SSSR count). The summed E-state index contributed by atoms with van der Waals surface area (Å²) in [5.74, 6) is 3.27. The molecule has 2 amide bonds. The van der Waals surface area contributed by atoms with Crippen molar-refractivity contribution in [1.29, 1.82) is 0 Å². The Labute approximate surface area is 235 Å². The van der Waals surface area contributed by atoms with Gasteiger partial charge in [0, 0.05) is 44.4 Å². The third-order valence-corrected chi connectivity index (χ3v) is 10.9. The molecule has 0 bridgehead atoms. The van der Waals surface area contributed by atoms with Crippen LogP contribution in [0.25, 0.3) is 11.0 Å². The number of hydrogen-bond acceptors (Lipinski definition) is 4. The molecule has 3 aromatic rings. The third kappa shape index (κ3) is 3.99. The fourth-order valence-corrected chi connectivity index (χ4v) is 8.59. The number of carbonyl (C=O) groups is 2. The molecule has 3 unspecified atom stereocenters. The molecule has 1 spiro atoms. The Hall–Kier alpha value is -3.19. The van der Waals surface area contributed by atoms with Crippen LogP contribution in [0.2, 0.25) is 0 Å². The average Bonchev–Trinajstić information content (AvgIpc) is 3.34. The largest absolute Gasteiger partial charge is 0.381 e. The van der Waals surface area contributed by atoms with Gasteiger partial charge in [0.15, 0.2) is 0 Å². The molecule has 3 saturated heterocycles. The molecule has 1 N–H and O–H groups in total. The normalized spacial score (nSPS) is 30.4. The summed E-state index contributed by atoms with van der Waals surface area (Å²) in [4.78, 5) is 39.5. The Kier molecular flexibility index (Phi) is 5.80. The van der Waals surface area contributed by atoms with Crippen LogP contribution in [0.5, 0.6) is 0 Å². The first-order valence-electron chi connectivity index (χ1n) is 15.3. The number of ether oxygens (including phenoxy) is 1. The number of benzene rings is 2. The maximum absolute atomic E-state index is 13.7. The monoisotopic (exact) mass is 538 g/mol. The van der Waals surface area contributed by atoms with Gasteiger partial charge in [-0.05, 0) is 78.5 Å². The van der Waals surface area contributed by atoms with Crippen LogP contribution in [-0.2, 0) is 19.7 Å². The highest BCUT2D eigenvalue weighted by molar-refractivity contribution is 5.83. The van der Waals surface area contributed by atoms with Crippen molar-refractivity contribution in [2.75, 3.05) is 39.4 Å². The average molecular weight is 539 g/mol. The number of likely N-dealkylation sites (tertiary alicyclic amines) is 2. The summed E-state index contributed by atoms with van der Waals surface area (Å²) >= 11 is 0. The van der Waals surface area contributed by atoms with Crippen molar-refractivity contribution < 1.29 is 14.3 Å². The molecule has 2 aromatic carbocycles. The van der Waals surface area contributed by atoms with Gasteiger partial charge in [-0.1, -0.05) is 36.4 Å². The summed E-state index contributed by atoms with van der Waals surface area (Å²) in [5, 5.41) is 0. The van der Waals surface area contributed by atoms with E-state index < -0.39 is 0 Å². The van der Waals surface area contributed by atoms with E-state index in [1.807, 2.05) is 18.2 Å². The number of nitrogens with zero attached hydrogens (tertiary/aromatic N) is 3. The summed E-state index contributed by atoms with van der Waals surface area (Å²) in [5.41, 5.74) is 4.93. The van der Waals surface area contributed by atoms with Crippen LogP contribution in [0.3, 0.4) is 0 Å². The minimum absolute atomic E-state index is 0.0829. The zero-order valence-electron chi connectivity index (χ0n) is 23.1. The highest BCUT2D eigenvalue weighted by atomic mass is 16.5. The summed E-state index contributed by atoms with van der Waals surface area (Å²) < 4.78 is 5.51. The number of fused-ring (bicyclic) bond motifs is 4. The van der Waals surface area contributed by atoms with Gasteiger partial charge >= 0.3 is 0 Å². The number of hydrogen-bond donors (Lipinski definition) is 1. The molecule has 7 nitrogen and oxygen atoms in total.